The number of nitrogen functional groups attached to an aromatic ring is 1. The van der Waals surface area contributed by atoms with E-state index in [-0.39, 0.29) is 5.78 Å². The van der Waals surface area contributed by atoms with Gasteiger partial charge < -0.3 is 5.73 Å². The van der Waals surface area contributed by atoms with Crippen LogP contribution in [0.25, 0.3) is 6.08 Å². The van der Waals surface area contributed by atoms with Gasteiger partial charge >= 0.3 is 0 Å². The summed E-state index contributed by atoms with van der Waals surface area (Å²) in [6, 6.07) is 14.7. The predicted octanol–water partition coefficient (Wildman–Crippen LogP) is 3.93. The summed E-state index contributed by atoms with van der Waals surface area (Å²) >= 11 is 3.34. The van der Waals surface area contributed by atoms with Crippen molar-refractivity contribution in [3.8, 4) is 0 Å². The first kappa shape index (κ1) is 12.6. The Morgan fingerprint density at radius 2 is 1.61 bits per heavy atom. The molecule has 0 aliphatic rings. The minimum Gasteiger partial charge on any atom is -0.399 e. The summed E-state index contributed by atoms with van der Waals surface area (Å²) in [5.74, 6) is -0.0145. The molecule has 0 atom stereocenters. The lowest BCUT2D eigenvalue weighted by atomic mass is 10.1. The first-order valence-corrected chi connectivity index (χ1v) is 6.28. The Hall–Kier alpha value is -1.87. The van der Waals surface area contributed by atoms with Crippen LogP contribution in [0.1, 0.15) is 15.9 Å². The van der Waals surface area contributed by atoms with Gasteiger partial charge in [0.05, 0.1) is 0 Å². The van der Waals surface area contributed by atoms with Gasteiger partial charge in [-0.2, -0.15) is 0 Å². The molecule has 0 saturated heterocycles. The van der Waals surface area contributed by atoms with Crippen LogP contribution in [-0.2, 0) is 0 Å². The summed E-state index contributed by atoms with van der Waals surface area (Å²) in [5, 5.41) is 0. The maximum atomic E-state index is 11.9. The van der Waals surface area contributed by atoms with Crippen LogP contribution >= 0.6 is 15.9 Å². The van der Waals surface area contributed by atoms with Crippen molar-refractivity contribution in [1.82, 2.24) is 0 Å². The topological polar surface area (TPSA) is 43.1 Å². The fourth-order valence-corrected chi connectivity index (χ4v) is 1.75. The molecular weight excluding hydrogens is 290 g/mol. The number of benzene rings is 2. The minimum absolute atomic E-state index is 0.0145. The van der Waals surface area contributed by atoms with Crippen LogP contribution in [0.4, 0.5) is 5.69 Å². The molecular formula is C15H12BrNO. The van der Waals surface area contributed by atoms with Gasteiger partial charge in [-0.05, 0) is 48.0 Å². The van der Waals surface area contributed by atoms with Gasteiger partial charge in [-0.1, -0.05) is 34.1 Å². The number of nitrogens with two attached hydrogens (primary N) is 1. The summed E-state index contributed by atoms with van der Waals surface area (Å²) in [4.78, 5) is 11.9. The Morgan fingerprint density at radius 1 is 1.00 bits per heavy atom. The largest absolute Gasteiger partial charge is 0.399 e. The average molecular weight is 302 g/mol. The predicted molar refractivity (Wildman–Crippen MR) is 78.4 cm³/mol. The number of halogens is 1. The highest BCUT2D eigenvalue weighted by Crippen LogP contribution is 2.12. The van der Waals surface area contributed by atoms with Crippen LogP contribution < -0.4 is 5.73 Å². The van der Waals surface area contributed by atoms with Crippen molar-refractivity contribution in [3.05, 3.63) is 70.2 Å². The summed E-state index contributed by atoms with van der Waals surface area (Å²) in [7, 11) is 0. The number of anilines is 1. The molecule has 0 radical (unpaired) electrons. The summed E-state index contributed by atoms with van der Waals surface area (Å²) in [5.41, 5.74) is 7.93. The fourth-order valence-electron chi connectivity index (χ4n) is 1.49. The lowest BCUT2D eigenvalue weighted by Gasteiger charge is -1.97. The van der Waals surface area contributed by atoms with E-state index >= 15 is 0 Å². The molecule has 0 aliphatic heterocycles. The van der Waals surface area contributed by atoms with E-state index in [1.807, 2.05) is 36.4 Å². The van der Waals surface area contributed by atoms with Gasteiger partial charge in [-0.3, -0.25) is 4.79 Å². The smallest absolute Gasteiger partial charge is 0.185 e. The van der Waals surface area contributed by atoms with Crippen molar-refractivity contribution in [2.24, 2.45) is 0 Å². The number of carbonyl (C=O) groups excluding carboxylic acids is 1. The molecule has 0 aromatic heterocycles. The van der Waals surface area contributed by atoms with Crippen LogP contribution in [0, 0.1) is 0 Å². The van der Waals surface area contributed by atoms with Crippen LogP contribution in [0.3, 0.4) is 0 Å². The molecule has 3 heteroatoms. The fraction of sp³-hybridized carbons (Fsp3) is 0. The SMILES string of the molecule is Nc1ccc(/C=C/C(=O)c2ccc(Br)cc2)cc1. The van der Waals surface area contributed by atoms with Gasteiger partial charge in [0.2, 0.25) is 0 Å². The van der Waals surface area contributed by atoms with E-state index in [0.29, 0.717) is 11.3 Å². The highest BCUT2D eigenvalue weighted by Gasteiger charge is 2.00. The quantitative estimate of drug-likeness (QED) is 0.530. The molecule has 0 amide bonds. The van der Waals surface area contributed by atoms with Crippen LogP contribution in [0.15, 0.2) is 59.1 Å². The van der Waals surface area contributed by atoms with Gasteiger partial charge in [-0.25, -0.2) is 0 Å². The molecule has 0 unspecified atom stereocenters. The molecule has 0 bridgehead atoms. The second-order valence-corrected chi connectivity index (χ2v) is 4.79. The third-order valence-electron chi connectivity index (χ3n) is 2.49. The van der Waals surface area contributed by atoms with Crippen LogP contribution in [-0.4, -0.2) is 5.78 Å². The van der Waals surface area contributed by atoms with Gasteiger partial charge in [0.15, 0.2) is 5.78 Å². The molecule has 2 aromatic rings. The molecule has 0 aliphatic carbocycles. The van der Waals surface area contributed by atoms with E-state index in [2.05, 4.69) is 15.9 Å². The standard InChI is InChI=1S/C15H12BrNO/c16-13-6-4-12(5-7-13)15(18)10-3-11-1-8-14(17)9-2-11/h1-10H,17H2/b10-3+. The van der Waals surface area contributed by atoms with Gasteiger partial charge in [0.25, 0.3) is 0 Å². The lowest BCUT2D eigenvalue weighted by Crippen LogP contribution is -1.93. The van der Waals surface area contributed by atoms with Crippen molar-refractivity contribution in [2.45, 2.75) is 0 Å². The zero-order valence-electron chi connectivity index (χ0n) is 9.64. The first-order valence-electron chi connectivity index (χ1n) is 5.49. The molecule has 18 heavy (non-hydrogen) atoms. The van der Waals surface area contributed by atoms with Gasteiger partial charge in [0.1, 0.15) is 0 Å². The zero-order valence-corrected chi connectivity index (χ0v) is 11.2. The van der Waals surface area contributed by atoms with Crippen molar-refractivity contribution in [3.63, 3.8) is 0 Å². The van der Waals surface area contributed by atoms with Crippen LogP contribution in [0.5, 0.6) is 0 Å². The minimum atomic E-state index is -0.0145. The van der Waals surface area contributed by atoms with E-state index < -0.39 is 0 Å². The van der Waals surface area contributed by atoms with Crippen LogP contribution in [0.2, 0.25) is 0 Å². The third kappa shape index (κ3) is 3.31. The van der Waals surface area contributed by atoms with E-state index in [4.69, 9.17) is 5.73 Å². The Bertz CT molecular complexity index is 570. The van der Waals surface area contributed by atoms with E-state index in [1.54, 1.807) is 24.3 Å². The Labute approximate surface area is 114 Å². The highest BCUT2D eigenvalue weighted by atomic mass is 79.9. The molecule has 90 valence electrons. The maximum Gasteiger partial charge on any atom is 0.185 e. The Kier molecular flexibility index (Phi) is 3.95. The van der Waals surface area contributed by atoms with Crippen molar-refractivity contribution in [1.29, 1.82) is 0 Å². The van der Waals surface area contributed by atoms with Gasteiger partial charge in [-0.15, -0.1) is 0 Å². The Morgan fingerprint density at radius 3 is 2.22 bits per heavy atom. The highest BCUT2D eigenvalue weighted by molar-refractivity contribution is 9.10. The number of rotatable bonds is 3. The van der Waals surface area contributed by atoms with Crippen molar-refractivity contribution >= 4 is 33.5 Å². The number of carbonyl (C=O) groups is 1. The molecule has 2 nitrogen and oxygen atoms in total. The number of allylic oxidation sites excluding steroid dienone is 1. The lowest BCUT2D eigenvalue weighted by molar-refractivity contribution is 0.104. The molecule has 2 aromatic carbocycles. The molecule has 2 N–H and O–H groups in total. The second kappa shape index (κ2) is 5.65. The summed E-state index contributed by atoms with van der Waals surface area (Å²) in [6.45, 7) is 0. The first-order chi connectivity index (χ1) is 8.65. The number of ketones is 1. The van der Waals surface area contributed by atoms with E-state index in [9.17, 15) is 4.79 Å². The average Bonchev–Trinajstić information content (AvgIpc) is 2.38. The van der Waals surface area contributed by atoms with Crippen molar-refractivity contribution < 1.29 is 4.79 Å². The monoisotopic (exact) mass is 301 g/mol. The van der Waals surface area contributed by atoms with Crippen molar-refractivity contribution in [2.75, 3.05) is 5.73 Å². The van der Waals surface area contributed by atoms with E-state index in [1.165, 1.54) is 0 Å². The summed E-state index contributed by atoms with van der Waals surface area (Å²) in [6.07, 6.45) is 3.35. The zero-order chi connectivity index (χ0) is 13.0. The number of hydrogen-bond donors (Lipinski definition) is 1. The molecule has 0 saturated carbocycles. The molecule has 0 heterocycles. The van der Waals surface area contributed by atoms with E-state index in [0.717, 1.165) is 10.0 Å². The Balaban J connectivity index is 2.11. The normalized spacial score (nSPS) is 10.7. The maximum absolute atomic E-state index is 11.9. The summed E-state index contributed by atoms with van der Waals surface area (Å²) < 4.78 is 0.960. The number of hydrogen-bond acceptors (Lipinski definition) is 2. The second-order valence-electron chi connectivity index (χ2n) is 3.87. The van der Waals surface area contributed by atoms with Gasteiger partial charge in [0, 0.05) is 15.7 Å². The molecule has 0 fully saturated rings. The third-order valence-corrected chi connectivity index (χ3v) is 3.02. The molecule has 2 rings (SSSR count). The molecule has 0 spiro atoms.